The van der Waals surface area contributed by atoms with Crippen molar-refractivity contribution in [1.82, 2.24) is 0 Å². The number of rotatable bonds is 4. The number of carboxylic acid groups (broad SMARTS) is 1. The van der Waals surface area contributed by atoms with Crippen LogP contribution in [0.15, 0.2) is 48.5 Å². The van der Waals surface area contributed by atoms with Crippen molar-refractivity contribution in [3.8, 4) is 11.5 Å². The quantitative estimate of drug-likeness (QED) is 0.662. The van der Waals surface area contributed by atoms with Crippen LogP contribution >= 0.6 is 0 Å². The smallest absolute Gasteiger partial charge is 0.336 e. The number of carboxylic acids is 1. The fraction of sp³-hybridized carbons (Fsp3) is 0.0625. The molecule has 2 aromatic rings. The molecule has 0 amide bonds. The van der Waals surface area contributed by atoms with Gasteiger partial charge in [0.15, 0.2) is 0 Å². The first-order chi connectivity index (χ1) is 9.63. The summed E-state index contributed by atoms with van der Waals surface area (Å²) in [7, 11) is 1.48. The van der Waals surface area contributed by atoms with Crippen LogP contribution in [0.2, 0.25) is 0 Å². The van der Waals surface area contributed by atoms with Crippen molar-refractivity contribution in [2.45, 2.75) is 0 Å². The number of ether oxygens (including phenoxy) is 1. The molecule has 0 saturated heterocycles. The average Bonchev–Trinajstić information content (AvgIpc) is 2.46. The van der Waals surface area contributed by atoms with Gasteiger partial charge in [0.25, 0.3) is 0 Å². The maximum atomic E-state index is 11.5. The highest BCUT2D eigenvalue weighted by molar-refractivity contribution is 6.21. The molecule has 0 bridgehead atoms. The lowest BCUT2D eigenvalue weighted by Gasteiger charge is -2.09. The van der Waals surface area contributed by atoms with Crippen molar-refractivity contribution < 1.29 is 19.7 Å². The van der Waals surface area contributed by atoms with Crippen LogP contribution < -0.4 is 4.74 Å². The predicted octanol–water partition coefficient (Wildman–Crippen LogP) is 3.03. The SMILES string of the molecule is COc1ccccc1/C(=C/c1ccccc1O)C(=O)O. The van der Waals surface area contributed by atoms with Gasteiger partial charge in [-0.05, 0) is 18.2 Å². The summed E-state index contributed by atoms with van der Waals surface area (Å²) in [5, 5.41) is 19.1. The van der Waals surface area contributed by atoms with Gasteiger partial charge >= 0.3 is 5.97 Å². The molecule has 0 aliphatic heterocycles. The molecule has 0 saturated carbocycles. The Hall–Kier alpha value is -2.75. The van der Waals surface area contributed by atoms with Crippen LogP contribution in [0.3, 0.4) is 0 Å². The molecule has 0 radical (unpaired) electrons. The zero-order valence-corrected chi connectivity index (χ0v) is 10.9. The topological polar surface area (TPSA) is 66.8 Å². The number of methoxy groups -OCH3 is 1. The summed E-state index contributed by atoms with van der Waals surface area (Å²) >= 11 is 0. The molecule has 102 valence electrons. The second-order valence-electron chi connectivity index (χ2n) is 4.12. The first-order valence-electron chi connectivity index (χ1n) is 6.00. The molecular weight excluding hydrogens is 256 g/mol. The van der Waals surface area contributed by atoms with Crippen LogP contribution in [0, 0.1) is 0 Å². The van der Waals surface area contributed by atoms with Crippen LogP contribution in [0.1, 0.15) is 11.1 Å². The summed E-state index contributed by atoms with van der Waals surface area (Å²) in [6, 6.07) is 13.4. The molecule has 20 heavy (non-hydrogen) atoms. The maximum absolute atomic E-state index is 11.5. The van der Waals surface area contributed by atoms with Crippen molar-refractivity contribution in [2.24, 2.45) is 0 Å². The Kier molecular flexibility index (Phi) is 4.05. The number of aromatic hydroxyl groups is 1. The largest absolute Gasteiger partial charge is 0.507 e. The summed E-state index contributed by atoms with van der Waals surface area (Å²) in [6.45, 7) is 0. The number of aliphatic carboxylic acids is 1. The van der Waals surface area contributed by atoms with E-state index < -0.39 is 5.97 Å². The number of phenols is 1. The van der Waals surface area contributed by atoms with Gasteiger partial charge in [0.2, 0.25) is 0 Å². The van der Waals surface area contributed by atoms with Crippen LogP contribution in [0.25, 0.3) is 11.6 Å². The third kappa shape index (κ3) is 2.80. The van der Waals surface area contributed by atoms with Crippen molar-refractivity contribution in [3.63, 3.8) is 0 Å². The first kappa shape index (κ1) is 13.7. The molecule has 0 aliphatic carbocycles. The lowest BCUT2D eigenvalue weighted by atomic mass is 10.0. The zero-order chi connectivity index (χ0) is 14.5. The Labute approximate surface area is 116 Å². The summed E-state index contributed by atoms with van der Waals surface area (Å²) in [4.78, 5) is 11.5. The molecule has 0 fully saturated rings. The molecule has 0 aliphatic rings. The third-order valence-corrected chi connectivity index (χ3v) is 2.86. The van der Waals surface area contributed by atoms with E-state index in [1.165, 1.54) is 19.3 Å². The van der Waals surface area contributed by atoms with Gasteiger partial charge in [0.1, 0.15) is 11.5 Å². The van der Waals surface area contributed by atoms with Gasteiger partial charge < -0.3 is 14.9 Å². The molecule has 2 aromatic carbocycles. The zero-order valence-electron chi connectivity index (χ0n) is 10.9. The van der Waals surface area contributed by atoms with Crippen molar-refractivity contribution in [2.75, 3.05) is 7.11 Å². The molecule has 0 aromatic heterocycles. The normalized spacial score (nSPS) is 11.2. The highest BCUT2D eigenvalue weighted by Crippen LogP contribution is 2.29. The number of para-hydroxylation sites is 2. The first-order valence-corrected chi connectivity index (χ1v) is 6.00. The number of hydrogen-bond acceptors (Lipinski definition) is 3. The molecule has 0 heterocycles. The van der Waals surface area contributed by atoms with Gasteiger partial charge in [-0.2, -0.15) is 0 Å². The highest BCUT2D eigenvalue weighted by atomic mass is 16.5. The minimum Gasteiger partial charge on any atom is -0.507 e. The number of hydrogen-bond donors (Lipinski definition) is 2. The van der Waals surface area contributed by atoms with Crippen LogP contribution in [-0.4, -0.2) is 23.3 Å². The average molecular weight is 270 g/mol. The van der Waals surface area contributed by atoms with Gasteiger partial charge in [-0.15, -0.1) is 0 Å². The van der Waals surface area contributed by atoms with Crippen molar-refractivity contribution >= 4 is 17.6 Å². The number of carbonyl (C=O) groups is 1. The fourth-order valence-electron chi connectivity index (χ4n) is 1.89. The third-order valence-electron chi connectivity index (χ3n) is 2.86. The van der Waals surface area contributed by atoms with Crippen LogP contribution in [0.4, 0.5) is 0 Å². The van der Waals surface area contributed by atoms with Crippen LogP contribution in [-0.2, 0) is 4.79 Å². The minimum absolute atomic E-state index is 0.0288. The minimum atomic E-state index is -1.09. The molecule has 0 atom stereocenters. The van der Waals surface area contributed by atoms with E-state index in [2.05, 4.69) is 0 Å². The van der Waals surface area contributed by atoms with E-state index >= 15 is 0 Å². The monoisotopic (exact) mass is 270 g/mol. The van der Waals surface area contributed by atoms with Crippen molar-refractivity contribution in [1.29, 1.82) is 0 Å². The van der Waals surface area contributed by atoms with E-state index in [1.54, 1.807) is 42.5 Å². The second kappa shape index (κ2) is 5.93. The molecule has 2 rings (SSSR count). The van der Waals surface area contributed by atoms with E-state index in [0.29, 0.717) is 16.9 Å². The highest BCUT2D eigenvalue weighted by Gasteiger charge is 2.15. The number of phenolic OH excluding ortho intramolecular Hbond substituents is 1. The van der Waals surface area contributed by atoms with E-state index in [1.807, 2.05) is 0 Å². The van der Waals surface area contributed by atoms with Gasteiger partial charge in [0, 0.05) is 11.1 Å². The molecule has 4 nitrogen and oxygen atoms in total. The Morgan fingerprint density at radius 2 is 1.75 bits per heavy atom. The van der Waals surface area contributed by atoms with Gasteiger partial charge in [-0.25, -0.2) is 4.79 Å². The summed E-state index contributed by atoms with van der Waals surface area (Å²) in [5.74, 6) is -0.588. The molecule has 2 N–H and O–H groups in total. The summed E-state index contributed by atoms with van der Waals surface area (Å²) in [6.07, 6.45) is 1.43. The molecule has 4 heteroatoms. The van der Waals surface area contributed by atoms with E-state index in [4.69, 9.17) is 4.74 Å². The summed E-state index contributed by atoms with van der Waals surface area (Å²) < 4.78 is 5.18. The summed E-state index contributed by atoms with van der Waals surface area (Å²) in [5.41, 5.74) is 0.963. The Morgan fingerprint density at radius 1 is 1.10 bits per heavy atom. The van der Waals surface area contributed by atoms with E-state index in [9.17, 15) is 15.0 Å². The molecular formula is C16H14O4. The Morgan fingerprint density at radius 3 is 2.40 bits per heavy atom. The molecule has 0 unspecified atom stereocenters. The number of benzene rings is 2. The van der Waals surface area contributed by atoms with E-state index in [0.717, 1.165) is 0 Å². The Balaban J connectivity index is 2.58. The lowest BCUT2D eigenvalue weighted by molar-refractivity contribution is -0.130. The molecule has 0 spiro atoms. The maximum Gasteiger partial charge on any atom is 0.336 e. The van der Waals surface area contributed by atoms with Gasteiger partial charge in [-0.3, -0.25) is 0 Å². The van der Waals surface area contributed by atoms with Crippen molar-refractivity contribution in [3.05, 3.63) is 59.7 Å². The van der Waals surface area contributed by atoms with E-state index in [-0.39, 0.29) is 11.3 Å². The Bertz CT molecular complexity index is 659. The second-order valence-corrected chi connectivity index (χ2v) is 4.12. The predicted molar refractivity (Wildman–Crippen MR) is 76.6 cm³/mol. The fourth-order valence-corrected chi connectivity index (χ4v) is 1.89. The van der Waals surface area contributed by atoms with Crippen LogP contribution in [0.5, 0.6) is 11.5 Å². The lowest BCUT2D eigenvalue weighted by Crippen LogP contribution is -2.01. The van der Waals surface area contributed by atoms with Gasteiger partial charge in [0.05, 0.1) is 12.7 Å². The standard InChI is InChI=1S/C16H14O4/c1-20-15-9-5-3-7-12(15)13(16(18)19)10-11-6-2-4-8-14(11)17/h2-10,17H,1H3,(H,18,19)/b13-10-. The van der Waals surface area contributed by atoms with Gasteiger partial charge in [-0.1, -0.05) is 36.4 Å².